The lowest BCUT2D eigenvalue weighted by Crippen LogP contribution is -2.22. The van der Waals surface area contributed by atoms with E-state index in [1.54, 1.807) is 0 Å². The summed E-state index contributed by atoms with van der Waals surface area (Å²) in [5.41, 5.74) is 1.16. The summed E-state index contributed by atoms with van der Waals surface area (Å²) in [6.45, 7) is 5.03. The summed E-state index contributed by atoms with van der Waals surface area (Å²) in [6.07, 6.45) is 1.02. The van der Waals surface area contributed by atoms with E-state index >= 15 is 0 Å². The summed E-state index contributed by atoms with van der Waals surface area (Å²) in [7, 11) is 1.94. The summed E-state index contributed by atoms with van der Waals surface area (Å²) >= 11 is 5.99. The van der Waals surface area contributed by atoms with Gasteiger partial charge in [-0.3, -0.25) is 0 Å². The third-order valence-corrected chi connectivity index (χ3v) is 3.31. The Morgan fingerprint density at radius 2 is 1.90 bits per heavy atom. The SMILES string of the molecule is CCCN(C)c1nc(Cl)nc(N[C@@H](C)c2ccccc2)n1. The lowest BCUT2D eigenvalue weighted by molar-refractivity contribution is 0.801. The maximum atomic E-state index is 5.99. The number of anilines is 2. The monoisotopic (exact) mass is 305 g/mol. The standard InChI is InChI=1S/C15H20ClN5/c1-4-10-21(3)15-19-13(16)18-14(20-15)17-11(2)12-8-6-5-7-9-12/h5-9,11H,4,10H2,1-3H3,(H,17,18,19,20)/t11-/m0/s1. The molecule has 112 valence electrons. The maximum absolute atomic E-state index is 5.99. The second-order valence-electron chi connectivity index (χ2n) is 4.93. The van der Waals surface area contributed by atoms with E-state index in [1.165, 1.54) is 0 Å². The van der Waals surface area contributed by atoms with E-state index in [1.807, 2.05) is 30.1 Å². The van der Waals surface area contributed by atoms with Crippen LogP contribution in [-0.2, 0) is 0 Å². The Labute approximate surface area is 130 Å². The topological polar surface area (TPSA) is 53.9 Å². The number of rotatable bonds is 6. The number of aromatic nitrogens is 3. The minimum atomic E-state index is 0.0917. The van der Waals surface area contributed by atoms with Crippen LogP contribution >= 0.6 is 11.6 Å². The Kier molecular flexibility index (Phi) is 5.33. The zero-order valence-corrected chi connectivity index (χ0v) is 13.3. The predicted octanol–water partition coefficient (Wildman–Crippen LogP) is 3.54. The Bertz CT molecular complexity index is 576. The first-order chi connectivity index (χ1) is 10.1. The summed E-state index contributed by atoms with van der Waals surface area (Å²) < 4.78 is 0. The molecule has 0 aliphatic carbocycles. The van der Waals surface area contributed by atoms with Gasteiger partial charge in [-0.25, -0.2) is 0 Å². The average Bonchev–Trinajstić information content (AvgIpc) is 2.47. The first-order valence-electron chi connectivity index (χ1n) is 7.04. The van der Waals surface area contributed by atoms with Crippen LogP contribution in [0.5, 0.6) is 0 Å². The third-order valence-electron chi connectivity index (χ3n) is 3.14. The van der Waals surface area contributed by atoms with Gasteiger partial charge >= 0.3 is 0 Å². The van der Waals surface area contributed by atoms with Crippen LogP contribution < -0.4 is 10.2 Å². The van der Waals surface area contributed by atoms with Crippen molar-refractivity contribution in [1.82, 2.24) is 15.0 Å². The fraction of sp³-hybridized carbons (Fsp3) is 0.400. The molecule has 1 heterocycles. The van der Waals surface area contributed by atoms with Crippen molar-refractivity contribution in [3.05, 3.63) is 41.2 Å². The van der Waals surface area contributed by atoms with Crippen molar-refractivity contribution in [1.29, 1.82) is 0 Å². The van der Waals surface area contributed by atoms with Gasteiger partial charge in [-0.2, -0.15) is 15.0 Å². The van der Waals surface area contributed by atoms with E-state index in [0.717, 1.165) is 18.5 Å². The summed E-state index contributed by atoms with van der Waals surface area (Å²) in [5, 5.41) is 3.46. The third kappa shape index (κ3) is 4.29. The van der Waals surface area contributed by atoms with E-state index in [9.17, 15) is 0 Å². The summed E-state index contributed by atoms with van der Waals surface area (Å²) in [5.74, 6) is 1.07. The van der Waals surface area contributed by atoms with Crippen LogP contribution in [0.15, 0.2) is 30.3 Å². The summed E-state index contributed by atoms with van der Waals surface area (Å²) in [4.78, 5) is 14.7. The second-order valence-corrected chi connectivity index (χ2v) is 5.26. The molecule has 0 amide bonds. The largest absolute Gasteiger partial charge is 0.348 e. The molecule has 5 nitrogen and oxygen atoms in total. The van der Waals surface area contributed by atoms with Gasteiger partial charge in [0.25, 0.3) is 0 Å². The van der Waals surface area contributed by atoms with Gasteiger partial charge in [-0.05, 0) is 30.5 Å². The fourth-order valence-electron chi connectivity index (χ4n) is 2.03. The molecular weight excluding hydrogens is 286 g/mol. The molecule has 6 heteroatoms. The molecule has 2 rings (SSSR count). The fourth-order valence-corrected chi connectivity index (χ4v) is 2.18. The zero-order chi connectivity index (χ0) is 15.2. The molecule has 0 saturated carbocycles. The van der Waals surface area contributed by atoms with Crippen molar-refractivity contribution < 1.29 is 0 Å². The highest BCUT2D eigenvalue weighted by molar-refractivity contribution is 6.28. The van der Waals surface area contributed by atoms with Crippen LogP contribution in [0.4, 0.5) is 11.9 Å². The molecule has 0 aliphatic heterocycles. The molecule has 2 aromatic rings. The first-order valence-corrected chi connectivity index (χ1v) is 7.42. The molecular formula is C15H20ClN5. The van der Waals surface area contributed by atoms with E-state index in [-0.39, 0.29) is 11.3 Å². The number of nitrogens with zero attached hydrogens (tertiary/aromatic N) is 4. The minimum absolute atomic E-state index is 0.0917. The number of halogens is 1. The highest BCUT2D eigenvalue weighted by atomic mass is 35.5. The predicted molar refractivity (Wildman–Crippen MR) is 86.9 cm³/mol. The van der Waals surface area contributed by atoms with Crippen LogP contribution in [0, 0.1) is 0 Å². The van der Waals surface area contributed by atoms with Crippen LogP contribution in [0.25, 0.3) is 0 Å². The Morgan fingerprint density at radius 3 is 2.57 bits per heavy atom. The van der Waals surface area contributed by atoms with E-state index in [4.69, 9.17) is 11.6 Å². The number of hydrogen-bond acceptors (Lipinski definition) is 5. The van der Waals surface area contributed by atoms with Crippen LogP contribution in [0.2, 0.25) is 5.28 Å². The number of hydrogen-bond donors (Lipinski definition) is 1. The van der Waals surface area contributed by atoms with Crippen LogP contribution in [-0.4, -0.2) is 28.5 Å². The molecule has 0 bridgehead atoms. The lowest BCUT2D eigenvalue weighted by atomic mass is 10.1. The van der Waals surface area contributed by atoms with Gasteiger partial charge in [-0.15, -0.1) is 0 Å². The van der Waals surface area contributed by atoms with Gasteiger partial charge in [0.1, 0.15) is 0 Å². The van der Waals surface area contributed by atoms with Gasteiger partial charge in [0, 0.05) is 13.6 Å². The van der Waals surface area contributed by atoms with Crippen molar-refractivity contribution in [2.24, 2.45) is 0 Å². The van der Waals surface area contributed by atoms with Crippen molar-refractivity contribution in [2.45, 2.75) is 26.3 Å². The summed E-state index contributed by atoms with van der Waals surface area (Å²) in [6, 6.07) is 10.2. The molecule has 0 unspecified atom stereocenters. The molecule has 0 spiro atoms. The highest BCUT2D eigenvalue weighted by Gasteiger charge is 2.11. The molecule has 0 fully saturated rings. The van der Waals surface area contributed by atoms with Crippen molar-refractivity contribution in [3.63, 3.8) is 0 Å². The molecule has 1 aromatic carbocycles. The van der Waals surface area contributed by atoms with Crippen molar-refractivity contribution in [3.8, 4) is 0 Å². The molecule has 1 aromatic heterocycles. The van der Waals surface area contributed by atoms with E-state index in [0.29, 0.717) is 11.9 Å². The normalized spacial score (nSPS) is 12.0. The van der Waals surface area contributed by atoms with Gasteiger partial charge in [0.05, 0.1) is 6.04 Å². The lowest BCUT2D eigenvalue weighted by Gasteiger charge is -2.18. The first kappa shape index (κ1) is 15.5. The molecule has 1 atom stereocenters. The highest BCUT2D eigenvalue weighted by Crippen LogP contribution is 2.19. The Hall–Kier alpha value is -1.88. The van der Waals surface area contributed by atoms with Gasteiger partial charge < -0.3 is 10.2 Å². The number of benzene rings is 1. The van der Waals surface area contributed by atoms with Gasteiger partial charge in [0.2, 0.25) is 17.2 Å². The van der Waals surface area contributed by atoms with E-state index in [2.05, 4.69) is 46.2 Å². The molecule has 1 N–H and O–H groups in total. The maximum Gasteiger partial charge on any atom is 0.231 e. The number of nitrogens with one attached hydrogen (secondary N) is 1. The second kappa shape index (κ2) is 7.22. The molecule has 0 radical (unpaired) electrons. The zero-order valence-electron chi connectivity index (χ0n) is 12.5. The van der Waals surface area contributed by atoms with E-state index < -0.39 is 0 Å². The van der Waals surface area contributed by atoms with Crippen LogP contribution in [0.1, 0.15) is 31.9 Å². The van der Waals surface area contributed by atoms with Crippen molar-refractivity contribution in [2.75, 3.05) is 23.8 Å². The molecule has 0 saturated heterocycles. The smallest absolute Gasteiger partial charge is 0.231 e. The molecule has 0 aliphatic rings. The Morgan fingerprint density at radius 1 is 1.19 bits per heavy atom. The van der Waals surface area contributed by atoms with Gasteiger partial charge in [0.15, 0.2) is 0 Å². The van der Waals surface area contributed by atoms with Gasteiger partial charge in [-0.1, -0.05) is 37.3 Å². The minimum Gasteiger partial charge on any atom is -0.348 e. The Balaban J connectivity index is 2.16. The quantitative estimate of drug-likeness (QED) is 0.884. The van der Waals surface area contributed by atoms with Crippen molar-refractivity contribution >= 4 is 23.5 Å². The van der Waals surface area contributed by atoms with Crippen LogP contribution in [0.3, 0.4) is 0 Å². The average molecular weight is 306 g/mol. The molecule has 21 heavy (non-hydrogen) atoms.